The maximum absolute atomic E-state index is 11.9. The first-order valence-corrected chi connectivity index (χ1v) is 7.68. The van der Waals surface area contributed by atoms with Gasteiger partial charge >= 0.3 is 5.97 Å². The molecule has 22 heavy (non-hydrogen) atoms. The van der Waals surface area contributed by atoms with Gasteiger partial charge in [-0.2, -0.15) is 0 Å². The molecule has 0 aliphatic heterocycles. The van der Waals surface area contributed by atoms with E-state index in [1.54, 1.807) is 18.3 Å². The van der Waals surface area contributed by atoms with E-state index in [2.05, 4.69) is 20.6 Å². The number of rotatable bonds is 6. The highest BCUT2D eigenvalue weighted by Crippen LogP contribution is 2.32. The van der Waals surface area contributed by atoms with Gasteiger partial charge < -0.3 is 15.7 Å². The summed E-state index contributed by atoms with van der Waals surface area (Å²) in [5.41, 5.74) is 1.10. The van der Waals surface area contributed by atoms with Crippen molar-refractivity contribution in [2.24, 2.45) is 0 Å². The molecule has 7 nitrogen and oxygen atoms in total. The number of amides is 1. The van der Waals surface area contributed by atoms with Gasteiger partial charge in [-0.05, 0) is 26.3 Å². The number of thiophene rings is 1. The lowest BCUT2D eigenvalue weighted by Crippen LogP contribution is -2.38. The highest BCUT2D eigenvalue weighted by Gasteiger charge is 2.17. The van der Waals surface area contributed by atoms with Gasteiger partial charge in [0.25, 0.3) is 0 Å². The molecule has 3 N–H and O–H groups in total. The van der Waals surface area contributed by atoms with Gasteiger partial charge in [-0.15, -0.1) is 11.3 Å². The van der Waals surface area contributed by atoms with Crippen molar-refractivity contribution in [2.45, 2.75) is 33.2 Å². The molecule has 0 aliphatic carbocycles. The van der Waals surface area contributed by atoms with Crippen LogP contribution >= 0.6 is 11.3 Å². The van der Waals surface area contributed by atoms with Crippen LogP contribution in [0.15, 0.2) is 6.33 Å². The van der Waals surface area contributed by atoms with Crippen LogP contribution in [-0.2, 0) is 9.59 Å². The summed E-state index contributed by atoms with van der Waals surface area (Å²) in [7, 11) is 0. The second-order valence-corrected chi connectivity index (χ2v) is 6.19. The van der Waals surface area contributed by atoms with Gasteiger partial charge in [-0.3, -0.25) is 9.59 Å². The number of carboxylic acids is 1. The summed E-state index contributed by atoms with van der Waals surface area (Å²) in [6.45, 7) is 5.84. The van der Waals surface area contributed by atoms with Gasteiger partial charge in [0.15, 0.2) is 0 Å². The van der Waals surface area contributed by atoms with Gasteiger partial charge in [-0.25, -0.2) is 9.97 Å². The standard InChI is InChI=1S/C14H18N4O3S/c1-7-9(3)22-14-11(7)12(16-6-17-14)18-8(2)13(21)15-5-4-10(19)20/h6,8H,4-5H2,1-3H3,(H,15,21)(H,19,20)(H,16,17,18). The number of fused-ring (bicyclic) bond motifs is 1. The Bertz CT molecular complexity index is 713. The number of aromatic nitrogens is 2. The summed E-state index contributed by atoms with van der Waals surface area (Å²) >= 11 is 1.59. The first kappa shape index (κ1) is 16.2. The Balaban J connectivity index is 2.10. The molecule has 1 amide bonds. The van der Waals surface area contributed by atoms with Crippen LogP contribution in [0, 0.1) is 13.8 Å². The maximum Gasteiger partial charge on any atom is 0.305 e. The number of nitrogens with zero attached hydrogens (tertiary/aromatic N) is 2. The molecule has 0 saturated carbocycles. The first-order valence-electron chi connectivity index (χ1n) is 6.87. The second kappa shape index (κ2) is 6.69. The monoisotopic (exact) mass is 322 g/mol. The molecule has 0 fully saturated rings. The number of carboxylic acid groups (broad SMARTS) is 1. The van der Waals surface area contributed by atoms with Crippen LogP contribution in [0.4, 0.5) is 5.82 Å². The molecule has 1 atom stereocenters. The SMILES string of the molecule is Cc1sc2ncnc(NC(C)C(=O)NCCC(=O)O)c2c1C. The first-order chi connectivity index (χ1) is 10.4. The quantitative estimate of drug-likeness (QED) is 0.748. The fraction of sp³-hybridized carbons (Fsp3) is 0.429. The number of hydrogen-bond donors (Lipinski definition) is 3. The van der Waals surface area contributed by atoms with Crippen LogP contribution in [0.3, 0.4) is 0 Å². The van der Waals surface area contributed by atoms with Gasteiger partial charge in [-0.1, -0.05) is 0 Å². The van der Waals surface area contributed by atoms with Crippen molar-refractivity contribution in [1.29, 1.82) is 0 Å². The van der Waals surface area contributed by atoms with Gasteiger partial charge in [0, 0.05) is 11.4 Å². The highest BCUT2D eigenvalue weighted by molar-refractivity contribution is 7.18. The third kappa shape index (κ3) is 3.51. The molecule has 1 unspecified atom stereocenters. The van der Waals surface area contributed by atoms with E-state index in [1.807, 2.05) is 13.8 Å². The third-order valence-electron chi connectivity index (χ3n) is 3.35. The lowest BCUT2D eigenvalue weighted by Gasteiger charge is -2.15. The zero-order valence-corrected chi connectivity index (χ0v) is 13.5. The summed E-state index contributed by atoms with van der Waals surface area (Å²) in [6.07, 6.45) is 1.37. The molecule has 2 aromatic heterocycles. The van der Waals surface area contributed by atoms with Crippen molar-refractivity contribution >= 4 is 39.2 Å². The molecule has 2 heterocycles. The van der Waals surface area contributed by atoms with Crippen LogP contribution in [0.5, 0.6) is 0 Å². The molecule has 0 aromatic carbocycles. The Labute approximate surface area is 131 Å². The van der Waals surface area contributed by atoms with E-state index in [0.717, 1.165) is 20.7 Å². The predicted octanol–water partition coefficient (Wildman–Crippen LogP) is 1.70. The van der Waals surface area contributed by atoms with E-state index in [4.69, 9.17) is 5.11 Å². The van der Waals surface area contributed by atoms with Gasteiger partial charge in [0.1, 0.15) is 23.0 Å². The molecule has 0 aliphatic rings. The zero-order valence-electron chi connectivity index (χ0n) is 12.6. The lowest BCUT2D eigenvalue weighted by atomic mass is 10.2. The Morgan fingerprint density at radius 2 is 2.09 bits per heavy atom. The molecular weight excluding hydrogens is 304 g/mol. The number of aryl methyl sites for hydroxylation is 2. The van der Waals surface area contributed by atoms with E-state index >= 15 is 0 Å². The third-order valence-corrected chi connectivity index (χ3v) is 4.47. The number of anilines is 1. The second-order valence-electron chi connectivity index (χ2n) is 4.99. The summed E-state index contributed by atoms with van der Waals surface area (Å²) in [5.74, 6) is -0.590. The molecule has 0 spiro atoms. The van der Waals surface area contributed by atoms with Crippen LogP contribution in [-0.4, -0.2) is 39.5 Å². The van der Waals surface area contributed by atoms with Crippen LogP contribution in [0.25, 0.3) is 10.2 Å². The summed E-state index contributed by atoms with van der Waals surface area (Å²) < 4.78 is 0. The van der Waals surface area contributed by atoms with E-state index in [0.29, 0.717) is 5.82 Å². The van der Waals surface area contributed by atoms with Crippen molar-refractivity contribution in [3.05, 3.63) is 16.8 Å². The molecule has 2 rings (SSSR count). The zero-order chi connectivity index (χ0) is 16.3. The van der Waals surface area contributed by atoms with Crippen molar-refractivity contribution < 1.29 is 14.7 Å². The maximum atomic E-state index is 11.9. The average molecular weight is 322 g/mol. The number of carbonyl (C=O) groups excluding carboxylic acids is 1. The minimum atomic E-state index is -0.942. The number of hydrogen-bond acceptors (Lipinski definition) is 6. The largest absolute Gasteiger partial charge is 0.481 e. The molecule has 0 saturated heterocycles. The lowest BCUT2D eigenvalue weighted by molar-refractivity contribution is -0.136. The van der Waals surface area contributed by atoms with Crippen molar-refractivity contribution in [2.75, 3.05) is 11.9 Å². The molecular formula is C14H18N4O3S. The van der Waals surface area contributed by atoms with Crippen LogP contribution < -0.4 is 10.6 Å². The Morgan fingerprint density at radius 1 is 1.36 bits per heavy atom. The minimum absolute atomic E-state index is 0.0982. The fourth-order valence-corrected chi connectivity index (χ4v) is 3.01. The molecule has 0 radical (unpaired) electrons. The predicted molar refractivity (Wildman–Crippen MR) is 85.2 cm³/mol. The van der Waals surface area contributed by atoms with E-state index in [9.17, 15) is 9.59 Å². The summed E-state index contributed by atoms with van der Waals surface area (Å²) in [5, 5.41) is 15.1. The molecule has 8 heteroatoms. The van der Waals surface area contributed by atoms with Crippen molar-refractivity contribution in [1.82, 2.24) is 15.3 Å². The minimum Gasteiger partial charge on any atom is -0.481 e. The topological polar surface area (TPSA) is 104 Å². The van der Waals surface area contributed by atoms with Crippen molar-refractivity contribution in [3.63, 3.8) is 0 Å². The Kier molecular flexibility index (Phi) is 4.92. The number of carbonyl (C=O) groups is 2. The van der Waals surface area contributed by atoms with Crippen LogP contribution in [0.2, 0.25) is 0 Å². The van der Waals surface area contributed by atoms with E-state index in [1.165, 1.54) is 6.33 Å². The summed E-state index contributed by atoms with van der Waals surface area (Å²) in [4.78, 5) is 32.9. The molecule has 118 valence electrons. The molecule has 2 aromatic rings. The smallest absolute Gasteiger partial charge is 0.305 e. The normalized spacial score (nSPS) is 12.1. The van der Waals surface area contributed by atoms with Crippen molar-refractivity contribution in [3.8, 4) is 0 Å². The number of nitrogens with one attached hydrogen (secondary N) is 2. The average Bonchev–Trinajstić information content (AvgIpc) is 2.74. The van der Waals surface area contributed by atoms with Gasteiger partial charge in [0.05, 0.1) is 11.8 Å². The van der Waals surface area contributed by atoms with E-state index in [-0.39, 0.29) is 18.9 Å². The van der Waals surface area contributed by atoms with E-state index < -0.39 is 12.0 Å². The molecule has 0 bridgehead atoms. The Morgan fingerprint density at radius 3 is 2.77 bits per heavy atom. The van der Waals surface area contributed by atoms with Gasteiger partial charge in [0.2, 0.25) is 5.91 Å². The fourth-order valence-electron chi connectivity index (χ4n) is 2.01. The summed E-state index contributed by atoms with van der Waals surface area (Å²) in [6, 6.07) is -0.522. The highest BCUT2D eigenvalue weighted by atomic mass is 32.1. The number of aliphatic carboxylic acids is 1. The Hall–Kier alpha value is -2.22. The van der Waals surface area contributed by atoms with Crippen LogP contribution in [0.1, 0.15) is 23.8 Å².